The van der Waals surface area contributed by atoms with Gasteiger partial charge >= 0.3 is 18.2 Å². The fourth-order valence-electron chi connectivity index (χ4n) is 1.96. The number of rotatable bonds is 3. The second-order valence-corrected chi connectivity index (χ2v) is 4.39. The van der Waals surface area contributed by atoms with Crippen LogP contribution < -0.4 is 5.32 Å². The van der Waals surface area contributed by atoms with Crippen molar-refractivity contribution >= 4 is 18.0 Å². The van der Waals surface area contributed by atoms with Gasteiger partial charge in [0.1, 0.15) is 0 Å². The number of ether oxygens (including phenoxy) is 1. The van der Waals surface area contributed by atoms with Crippen LogP contribution in [-0.2, 0) is 14.3 Å². The van der Waals surface area contributed by atoms with Crippen molar-refractivity contribution in [3.63, 3.8) is 0 Å². The van der Waals surface area contributed by atoms with Crippen LogP contribution in [0.2, 0.25) is 0 Å². The molecule has 2 amide bonds. The Balaban J connectivity index is 2.69. The van der Waals surface area contributed by atoms with Crippen LogP contribution in [0.3, 0.4) is 0 Å². The minimum atomic E-state index is -4.91. The lowest BCUT2D eigenvalue weighted by molar-refractivity contribution is -0.227. The summed E-state index contributed by atoms with van der Waals surface area (Å²) in [5.41, 5.74) is -2.88. The Hall–Kier alpha value is -1.84. The Morgan fingerprint density at radius 2 is 2.00 bits per heavy atom. The van der Waals surface area contributed by atoms with E-state index in [4.69, 9.17) is 5.11 Å². The number of alkyl carbamates (subject to hydrolysis) is 1. The van der Waals surface area contributed by atoms with Crippen LogP contribution in [0.15, 0.2) is 0 Å². The number of amides is 2. The van der Waals surface area contributed by atoms with Crippen LogP contribution in [0.4, 0.5) is 18.0 Å². The summed E-state index contributed by atoms with van der Waals surface area (Å²) in [7, 11) is 1.03. The first-order chi connectivity index (χ1) is 9.12. The maximum absolute atomic E-state index is 12.9. The van der Waals surface area contributed by atoms with E-state index in [1.807, 2.05) is 0 Å². The first-order valence-electron chi connectivity index (χ1n) is 5.52. The highest BCUT2D eigenvalue weighted by Gasteiger charge is 2.63. The van der Waals surface area contributed by atoms with Crippen molar-refractivity contribution in [1.82, 2.24) is 10.2 Å². The normalized spacial score (nSPS) is 23.4. The topological polar surface area (TPSA) is 95.9 Å². The van der Waals surface area contributed by atoms with E-state index >= 15 is 0 Å². The molecule has 7 nitrogen and oxygen atoms in total. The second-order valence-electron chi connectivity index (χ2n) is 4.39. The summed E-state index contributed by atoms with van der Waals surface area (Å²) in [5.74, 6) is -2.83. The molecule has 1 rings (SSSR count). The Labute approximate surface area is 111 Å². The third-order valence-corrected chi connectivity index (χ3v) is 3.09. The van der Waals surface area contributed by atoms with Crippen molar-refractivity contribution in [1.29, 1.82) is 0 Å². The monoisotopic (exact) mass is 298 g/mol. The number of aliphatic carboxylic acids is 1. The van der Waals surface area contributed by atoms with Crippen LogP contribution in [-0.4, -0.2) is 60.9 Å². The van der Waals surface area contributed by atoms with Crippen LogP contribution >= 0.6 is 0 Å². The van der Waals surface area contributed by atoms with Crippen LogP contribution in [0, 0.1) is 5.41 Å². The van der Waals surface area contributed by atoms with Crippen LogP contribution in [0.25, 0.3) is 0 Å². The number of hydrogen-bond acceptors (Lipinski definition) is 5. The largest absolute Gasteiger partial charge is 0.481 e. The van der Waals surface area contributed by atoms with E-state index in [1.54, 1.807) is 5.32 Å². The summed E-state index contributed by atoms with van der Waals surface area (Å²) in [5, 5.41) is 10.6. The molecule has 0 saturated carbocycles. The summed E-state index contributed by atoms with van der Waals surface area (Å²) < 4.78 is 42.7. The summed E-state index contributed by atoms with van der Waals surface area (Å²) in [6.45, 7) is -1.55. The number of nitrogens with one attached hydrogen (secondary N) is 1. The number of nitrogens with zero attached hydrogens (tertiary/aromatic N) is 1. The number of carboxylic acid groups (broad SMARTS) is 1. The van der Waals surface area contributed by atoms with Gasteiger partial charge in [0, 0.05) is 13.1 Å². The highest BCUT2D eigenvalue weighted by Crippen LogP contribution is 2.45. The molecule has 2 N–H and O–H groups in total. The van der Waals surface area contributed by atoms with Crippen molar-refractivity contribution in [3.8, 4) is 0 Å². The van der Waals surface area contributed by atoms with Gasteiger partial charge in [-0.3, -0.25) is 19.8 Å². The summed E-state index contributed by atoms with van der Waals surface area (Å²) in [6, 6.07) is 0. The zero-order valence-corrected chi connectivity index (χ0v) is 10.5. The minimum absolute atomic E-state index is 0.208. The molecule has 1 heterocycles. The van der Waals surface area contributed by atoms with Gasteiger partial charge in [-0.25, -0.2) is 4.79 Å². The van der Waals surface area contributed by atoms with Gasteiger partial charge in [0.15, 0.2) is 5.41 Å². The lowest BCUT2D eigenvalue weighted by Crippen LogP contribution is -2.48. The van der Waals surface area contributed by atoms with Crippen LogP contribution in [0.1, 0.15) is 6.42 Å². The standard InChI is InChI=1S/C10H13F3N2O5/c1-20-8(19)14-6(16)4-15-3-2-9(5-15,7(17)18)10(11,12)13/h2-5H2,1H3,(H,17,18)(H,14,16,19). The predicted molar refractivity (Wildman–Crippen MR) is 57.7 cm³/mol. The Bertz CT molecular complexity index is 426. The van der Waals surface area contributed by atoms with E-state index in [0.717, 1.165) is 12.0 Å². The average Bonchev–Trinajstić information content (AvgIpc) is 2.73. The number of methoxy groups -OCH3 is 1. The smallest absolute Gasteiger partial charge is 0.413 e. The predicted octanol–water partition coefficient (Wildman–Crippen LogP) is 0.208. The molecule has 0 aromatic rings. The molecular weight excluding hydrogens is 285 g/mol. The molecule has 0 spiro atoms. The van der Waals surface area contributed by atoms with E-state index in [0.29, 0.717) is 0 Å². The third-order valence-electron chi connectivity index (χ3n) is 3.09. The second kappa shape index (κ2) is 5.65. The van der Waals surface area contributed by atoms with Gasteiger partial charge in [0.2, 0.25) is 5.91 Å². The van der Waals surface area contributed by atoms with Crippen molar-refractivity contribution in [3.05, 3.63) is 0 Å². The van der Waals surface area contributed by atoms with Crippen LogP contribution in [0.5, 0.6) is 0 Å². The summed E-state index contributed by atoms with van der Waals surface area (Å²) in [4.78, 5) is 34.0. The van der Waals surface area contributed by atoms with Crippen molar-refractivity contribution in [2.45, 2.75) is 12.6 Å². The van der Waals surface area contributed by atoms with Gasteiger partial charge < -0.3 is 9.84 Å². The molecule has 10 heteroatoms. The van der Waals surface area contributed by atoms with Gasteiger partial charge in [0.05, 0.1) is 13.7 Å². The van der Waals surface area contributed by atoms with Gasteiger partial charge in [-0.1, -0.05) is 0 Å². The number of imide groups is 1. The summed E-state index contributed by atoms with van der Waals surface area (Å²) in [6.07, 6.45) is -6.58. The fraction of sp³-hybridized carbons (Fsp3) is 0.700. The number of halogens is 3. The molecule has 1 aliphatic heterocycles. The first kappa shape index (κ1) is 16.2. The zero-order chi connectivity index (χ0) is 15.6. The van der Waals surface area contributed by atoms with Gasteiger partial charge in [-0.2, -0.15) is 13.2 Å². The molecule has 1 aliphatic rings. The van der Waals surface area contributed by atoms with E-state index in [1.165, 1.54) is 0 Å². The SMILES string of the molecule is COC(=O)NC(=O)CN1CCC(C(=O)O)(C(F)(F)F)C1. The van der Waals surface area contributed by atoms with Gasteiger partial charge in [-0.15, -0.1) is 0 Å². The maximum Gasteiger partial charge on any atom is 0.413 e. The zero-order valence-electron chi connectivity index (χ0n) is 10.5. The fourth-order valence-corrected chi connectivity index (χ4v) is 1.96. The molecule has 1 fully saturated rings. The van der Waals surface area contributed by atoms with Gasteiger partial charge in [-0.05, 0) is 6.42 Å². The molecule has 1 saturated heterocycles. The molecule has 1 unspecified atom stereocenters. The van der Waals surface area contributed by atoms with Crippen molar-refractivity contribution in [2.75, 3.05) is 26.7 Å². The third kappa shape index (κ3) is 3.18. The molecule has 20 heavy (non-hydrogen) atoms. The molecule has 1 atom stereocenters. The minimum Gasteiger partial charge on any atom is -0.481 e. The van der Waals surface area contributed by atoms with Gasteiger partial charge in [0.25, 0.3) is 0 Å². The number of hydrogen-bond donors (Lipinski definition) is 2. The molecule has 0 bridgehead atoms. The maximum atomic E-state index is 12.9. The van der Waals surface area contributed by atoms with Crippen molar-refractivity contribution < 1.29 is 37.4 Å². The van der Waals surface area contributed by atoms with E-state index in [9.17, 15) is 27.6 Å². The number of alkyl halides is 3. The molecule has 0 aromatic heterocycles. The molecular formula is C10H13F3N2O5. The lowest BCUT2D eigenvalue weighted by atomic mass is 9.86. The molecule has 0 aliphatic carbocycles. The molecule has 0 aromatic carbocycles. The molecule has 114 valence electrons. The average molecular weight is 298 g/mol. The lowest BCUT2D eigenvalue weighted by Gasteiger charge is -2.27. The van der Waals surface area contributed by atoms with Crippen molar-refractivity contribution in [2.24, 2.45) is 5.41 Å². The van der Waals surface area contributed by atoms with E-state index in [2.05, 4.69) is 4.74 Å². The summed E-state index contributed by atoms with van der Waals surface area (Å²) >= 11 is 0. The Kier molecular flexibility index (Phi) is 4.58. The van der Waals surface area contributed by atoms with E-state index in [-0.39, 0.29) is 6.54 Å². The number of carboxylic acids is 1. The highest BCUT2D eigenvalue weighted by atomic mass is 19.4. The quantitative estimate of drug-likeness (QED) is 0.773. The first-order valence-corrected chi connectivity index (χ1v) is 5.52. The number of carbonyl (C=O) groups is 3. The number of carbonyl (C=O) groups excluding carboxylic acids is 2. The Morgan fingerprint density at radius 3 is 2.40 bits per heavy atom. The highest BCUT2D eigenvalue weighted by molar-refractivity contribution is 5.92. The Morgan fingerprint density at radius 1 is 1.40 bits per heavy atom. The molecule has 0 radical (unpaired) electrons. The number of likely N-dealkylation sites (tertiary alicyclic amines) is 1. The van der Waals surface area contributed by atoms with E-state index < -0.39 is 49.1 Å².